The number of rotatable bonds is 4. The quantitative estimate of drug-likeness (QED) is 0.637. The van der Waals surface area contributed by atoms with E-state index < -0.39 is 0 Å². The predicted molar refractivity (Wildman–Crippen MR) is 70.1 cm³/mol. The van der Waals surface area contributed by atoms with E-state index in [4.69, 9.17) is 10.6 Å². The molecule has 0 fully saturated rings. The number of nitrogens with two attached hydrogens (primary N) is 1. The van der Waals surface area contributed by atoms with Crippen LogP contribution in [0.2, 0.25) is 0 Å². The first kappa shape index (κ1) is 12.3. The molecule has 3 N–H and O–H groups in total. The van der Waals surface area contributed by atoms with Gasteiger partial charge in [0.1, 0.15) is 6.10 Å². The molecule has 2 aromatic rings. The van der Waals surface area contributed by atoms with E-state index in [9.17, 15) is 0 Å². The number of hydrazine groups is 1. The summed E-state index contributed by atoms with van der Waals surface area (Å²) in [7, 11) is 0. The van der Waals surface area contributed by atoms with Crippen molar-refractivity contribution < 1.29 is 4.74 Å². The van der Waals surface area contributed by atoms with Crippen molar-refractivity contribution >= 4 is 5.95 Å². The summed E-state index contributed by atoms with van der Waals surface area (Å²) < 4.78 is 5.78. The van der Waals surface area contributed by atoms with Crippen LogP contribution in [0.15, 0.2) is 36.4 Å². The second-order valence-electron chi connectivity index (χ2n) is 3.99. The summed E-state index contributed by atoms with van der Waals surface area (Å²) in [5.41, 5.74) is 4.31. The van der Waals surface area contributed by atoms with Crippen molar-refractivity contribution in [2.75, 3.05) is 5.43 Å². The Morgan fingerprint density at radius 2 is 1.94 bits per heavy atom. The van der Waals surface area contributed by atoms with E-state index >= 15 is 0 Å². The van der Waals surface area contributed by atoms with Crippen molar-refractivity contribution in [1.82, 2.24) is 9.97 Å². The highest BCUT2D eigenvalue weighted by Gasteiger charge is 2.09. The second-order valence-corrected chi connectivity index (χ2v) is 3.99. The zero-order valence-electron chi connectivity index (χ0n) is 10.4. The van der Waals surface area contributed by atoms with Crippen molar-refractivity contribution in [2.24, 2.45) is 5.84 Å². The number of benzene rings is 1. The fourth-order valence-corrected chi connectivity index (χ4v) is 1.64. The van der Waals surface area contributed by atoms with Crippen molar-refractivity contribution in [3.8, 4) is 5.88 Å². The average Bonchev–Trinajstić information content (AvgIpc) is 2.39. The molecule has 0 saturated carbocycles. The number of anilines is 1. The lowest BCUT2D eigenvalue weighted by atomic mass is 10.1. The molecule has 18 heavy (non-hydrogen) atoms. The molecule has 1 heterocycles. The summed E-state index contributed by atoms with van der Waals surface area (Å²) in [5.74, 6) is 6.16. The number of nitrogen functional groups attached to an aromatic ring is 1. The van der Waals surface area contributed by atoms with Crippen LogP contribution in [0.4, 0.5) is 5.95 Å². The zero-order valence-corrected chi connectivity index (χ0v) is 10.4. The Hall–Kier alpha value is -2.14. The second kappa shape index (κ2) is 5.46. The molecule has 0 radical (unpaired) electrons. The van der Waals surface area contributed by atoms with Gasteiger partial charge in [-0.2, -0.15) is 4.98 Å². The molecule has 1 aromatic carbocycles. The van der Waals surface area contributed by atoms with Crippen LogP contribution in [0.5, 0.6) is 5.88 Å². The fraction of sp³-hybridized carbons (Fsp3) is 0.231. The first-order valence-electron chi connectivity index (χ1n) is 5.73. The number of nitrogens with one attached hydrogen (secondary N) is 1. The molecule has 0 amide bonds. The van der Waals surface area contributed by atoms with E-state index in [2.05, 4.69) is 15.4 Å². The van der Waals surface area contributed by atoms with Gasteiger partial charge in [0.15, 0.2) is 0 Å². The number of hydrogen-bond acceptors (Lipinski definition) is 5. The third kappa shape index (κ3) is 2.95. The monoisotopic (exact) mass is 244 g/mol. The number of ether oxygens (including phenoxy) is 1. The van der Waals surface area contributed by atoms with Gasteiger partial charge in [-0.3, -0.25) is 5.43 Å². The van der Waals surface area contributed by atoms with Crippen molar-refractivity contribution in [3.63, 3.8) is 0 Å². The third-order valence-corrected chi connectivity index (χ3v) is 2.53. The number of hydrogen-bond donors (Lipinski definition) is 2. The Bertz CT molecular complexity index is 516. The Balaban J connectivity index is 2.16. The standard InChI is InChI=1S/C13H16N4O/c1-9-8-12(16-13(15-9)17-14)18-10(2)11-6-4-3-5-7-11/h3-8,10H,14H2,1-2H3,(H,15,16,17). The highest BCUT2D eigenvalue weighted by atomic mass is 16.5. The average molecular weight is 244 g/mol. The van der Waals surface area contributed by atoms with Crippen LogP contribution in [0.1, 0.15) is 24.3 Å². The van der Waals surface area contributed by atoms with Gasteiger partial charge in [-0.25, -0.2) is 10.8 Å². The molecule has 0 spiro atoms. The fourth-order valence-electron chi connectivity index (χ4n) is 1.64. The van der Waals surface area contributed by atoms with Gasteiger partial charge in [0.05, 0.1) is 0 Å². The lowest BCUT2D eigenvalue weighted by molar-refractivity contribution is 0.217. The van der Waals surface area contributed by atoms with Crippen LogP contribution in [0.3, 0.4) is 0 Å². The molecule has 1 atom stereocenters. The highest BCUT2D eigenvalue weighted by Crippen LogP contribution is 2.20. The molecular weight excluding hydrogens is 228 g/mol. The molecule has 5 heteroatoms. The van der Waals surface area contributed by atoms with Gasteiger partial charge in [0.2, 0.25) is 11.8 Å². The smallest absolute Gasteiger partial charge is 0.240 e. The molecule has 0 aliphatic rings. The predicted octanol–water partition coefficient (Wildman–Crippen LogP) is 2.21. The Morgan fingerprint density at radius 3 is 2.61 bits per heavy atom. The first-order chi connectivity index (χ1) is 8.69. The lowest BCUT2D eigenvalue weighted by Gasteiger charge is -2.14. The van der Waals surface area contributed by atoms with Crippen LogP contribution in [-0.4, -0.2) is 9.97 Å². The van der Waals surface area contributed by atoms with Crippen LogP contribution >= 0.6 is 0 Å². The minimum Gasteiger partial charge on any atom is -0.470 e. The summed E-state index contributed by atoms with van der Waals surface area (Å²) >= 11 is 0. The van der Waals surface area contributed by atoms with Gasteiger partial charge in [-0.05, 0) is 19.4 Å². The maximum Gasteiger partial charge on any atom is 0.240 e. The maximum absolute atomic E-state index is 5.78. The van der Waals surface area contributed by atoms with E-state index in [1.165, 1.54) is 0 Å². The van der Waals surface area contributed by atoms with Crippen LogP contribution in [0.25, 0.3) is 0 Å². The normalized spacial score (nSPS) is 11.9. The minimum absolute atomic E-state index is 0.0777. The molecule has 1 aromatic heterocycles. The summed E-state index contributed by atoms with van der Waals surface area (Å²) in [5, 5.41) is 0. The third-order valence-electron chi connectivity index (χ3n) is 2.53. The topological polar surface area (TPSA) is 73.1 Å². The molecule has 0 aliphatic carbocycles. The van der Waals surface area contributed by atoms with E-state index in [1.807, 2.05) is 44.2 Å². The summed E-state index contributed by atoms with van der Waals surface area (Å²) in [4.78, 5) is 8.25. The lowest BCUT2D eigenvalue weighted by Crippen LogP contribution is -2.12. The van der Waals surface area contributed by atoms with Gasteiger partial charge in [0.25, 0.3) is 0 Å². The van der Waals surface area contributed by atoms with Crippen molar-refractivity contribution in [3.05, 3.63) is 47.7 Å². The maximum atomic E-state index is 5.78. The molecule has 94 valence electrons. The van der Waals surface area contributed by atoms with Gasteiger partial charge in [-0.15, -0.1) is 0 Å². The Labute approximate surface area is 106 Å². The number of nitrogens with zero attached hydrogens (tertiary/aromatic N) is 2. The van der Waals surface area contributed by atoms with Crippen LogP contribution < -0.4 is 16.0 Å². The summed E-state index contributed by atoms with van der Waals surface area (Å²) in [6, 6.07) is 11.7. The van der Waals surface area contributed by atoms with E-state index in [0.717, 1.165) is 11.3 Å². The van der Waals surface area contributed by atoms with Crippen LogP contribution in [-0.2, 0) is 0 Å². The van der Waals surface area contributed by atoms with Gasteiger partial charge < -0.3 is 4.74 Å². The summed E-state index contributed by atoms with van der Waals surface area (Å²) in [6.07, 6.45) is -0.0777. The number of aromatic nitrogens is 2. The summed E-state index contributed by atoms with van der Waals surface area (Å²) in [6.45, 7) is 3.84. The van der Waals surface area contributed by atoms with Gasteiger partial charge in [-0.1, -0.05) is 30.3 Å². The molecule has 5 nitrogen and oxygen atoms in total. The zero-order chi connectivity index (χ0) is 13.0. The minimum atomic E-state index is -0.0777. The van der Waals surface area contributed by atoms with Gasteiger partial charge >= 0.3 is 0 Å². The van der Waals surface area contributed by atoms with E-state index in [0.29, 0.717) is 11.8 Å². The molecule has 2 rings (SSSR count). The first-order valence-corrected chi connectivity index (χ1v) is 5.73. The Morgan fingerprint density at radius 1 is 1.22 bits per heavy atom. The molecule has 0 bridgehead atoms. The molecule has 0 aliphatic heterocycles. The molecule has 0 saturated heterocycles. The highest BCUT2D eigenvalue weighted by molar-refractivity contribution is 5.29. The van der Waals surface area contributed by atoms with Gasteiger partial charge in [0, 0.05) is 11.8 Å². The van der Waals surface area contributed by atoms with E-state index in [-0.39, 0.29) is 6.10 Å². The SMILES string of the molecule is Cc1cc(OC(C)c2ccccc2)nc(NN)n1. The molecule has 1 unspecified atom stereocenters. The Kier molecular flexibility index (Phi) is 3.74. The van der Waals surface area contributed by atoms with Crippen molar-refractivity contribution in [1.29, 1.82) is 0 Å². The molecular formula is C13H16N4O. The van der Waals surface area contributed by atoms with Crippen molar-refractivity contribution in [2.45, 2.75) is 20.0 Å². The number of aryl methyl sites for hydroxylation is 1. The van der Waals surface area contributed by atoms with Crippen LogP contribution in [0, 0.1) is 6.92 Å². The largest absolute Gasteiger partial charge is 0.470 e. The van der Waals surface area contributed by atoms with E-state index in [1.54, 1.807) is 6.07 Å².